The van der Waals surface area contributed by atoms with Gasteiger partial charge in [0, 0.05) is 16.1 Å². The maximum atomic E-state index is 12.4. The summed E-state index contributed by atoms with van der Waals surface area (Å²) >= 11 is 11.7. The van der Waals surface area contributed by atoms with E-state index < -0.39 is 16.1 Å². The molecule has 2 rings (SSSR count). The molecule has 1 atom stereocenters. The number of nitrogen functional groups attached to an aromatic ring is 1. The maximum absolute atomic E-state index is 12.4. The quantitative estimate of drug-likeness (QED) is 0.832. The van der Waals surface area contributed by atoms with Crippen LogP contribution in [0.3, 0.4) is 0 Å². The largest absolute Gasteiger partial charge is 0.398 e. The molecule has 0 aliphatic heterocycles. The second-order valence-electron chi connectivity index (χ2n) is 4.58. The fourth-order valence-electron chi connectivity index (χ4n) is 1.88. The topological polar surface area (TPSA) is 72.2 Å². The first-order valence-electron chi connectivity index (χ1n) is 6.12. The first-order chi connectivity index (χ1) is 9.79. The van der Waals surface area contributed by atoms with Crippen LogP contribution in [0.2, 0.25) is 10.0 Å². The van der Waals surface area contributed by atoms with Crippen LogP contribution < -0.4 is 10.5 Å². The van der Waals surface area contributed by atoms with Gasteiger partial charge < -0.3 is 5.73 Å². The zero-order chi connectivity index (χ0) is 15.6. The Kier molecular flexibility index (Phi) is 4.78. The number of hydrogen-bond acceptors (Lipinski definition) is 3. The van der Waals surface area contributed by atoms with E-state index in [-0.39, 0.29) is 10.6 Å². The number of rotatable bonds is 4. The molecule has 0 heterocycles. The van der Waals surface area contributed by atoms with Gasteiger partial charge in [0.15, 0.2) is 0 Å². The van der Waals surface area contributed by atoms with E-state index in [4.69, 9.17) is 28.9 Å². The third kappa shape index (κ3) is 3.89. The predicted octanol–water partition coefficient (Wildman–Crippen LogP) is 3.62. The zero-order valence-electron chi connectivity index (χ0n) is 11.2. The van der Waals surface area contributed by atoms with E-state index in [9.17, 15) is 8.42 Å². The van der Waals surface area contributed by atoms with Crippen molar-refractivity contribution in [3.05, 3.63) is 58.1 Å². The number of nitrogens with one attached hydrogen (secondary N) is 1. The van der Waals surface area contributed by atoms with Crippen LogP contribution in [0.15, 0.2) is 47.4 Å². The average Bonchev–Trinajstić information content (AvgIpc) is 2.41. The highest BCUT2D eigenvalue weighted by Gasteiger charge is 2.21. The summed E-state index contributed by atoms with van der Waals surface area (Å²) < 4.78 is 27.3. The Labute approximate surface area is 133 Å². The minimum atomic E-state index is -3.78. The van der Waals surface area contributed by atoms with Crippen LogP contribution in [0, 0.1) is 0 Å². The first kappa shape index (κ1) is 16.1. The molecule has 2 aromatic carbocycles. The van der Waals surface area contributed by atoms with E-state index in [0.29, 0.717) is 10.0 Å². The van der Waals surface area contributed by atoms with E-state index in [1.165, 1.54) is 18.2 Å². The minimum Gasteiger partial charge on any atom is -0.398 e. The van der Waals surface area contributed by atoms with Crippen molar-refractivity contribution in [1.82, 2.24) is 4.72 Å². The van der Waals surface area contributed by atoms with Crippen LogP contribution in [-0.4, -0.2) is 8.42 Å². The summed E-state index contributed by atoms with van der Waals surface area (Å²) in [5.41, 5.74) is 6.62. The van der Waals surface area contributed by atoms with E-state index in [1.807, 2.05) is 0 Å². The molecule has 3 N–H and O–H groups in total. The van der Waals surface area contributed by atoms with Crippen molar-refractivity contribution in [2.45, 2.75) is 17.9 Å². The molecule has 0 radical (unpaired) electrons. The molecule has 0 fully saturated rings. The molecule has 0 aromatic heterocycles. The second kappa shape index (κ2) is 6.23. The van der Waals surface area contributed by atoms with Gasteiger partial charge in [-0.15, -0.1) is 0 Å². The molecule has 0 bridgehead atoms. The van der Waals surface area contributed by atoms with Crippen molar-refractivity contribution in [2.24, 2.45) is 0 Å². The lowest BCUT2D eigenvalue weighted by Gasteiger charge is -2.16. The number of anilines is 1. The first-order valence-corrected chi connectivity index (χ1v) is 8.36. The third-order valence-corrected chi connectivity index (χ3v) is 5.01. The summed E-state index contributed by atoms with van der Waals surface area (Å²) in [5, 5.41) is 0.848. The van der Waals surface area contributed by atoms with Crippen molar-refractivity contribution in [3.8, 4) is 0 Å². The highest BCUT2D eigenvalue weighted by molar-refractivity contribution is 7.89. The van der Waals surface area contributed by atoms with E-state index in [2.05, 4.69) is 4.72 Å². The molecule has 21 heavy (non-hydrogen) atoms. The van der Waals surface area contributed by atoms with Gasteiger partial charge in [-0.1, -0.05) is 35.3 Å². The van der Waals surface area contributed by atoms with Gasteiger partial charge in [0.2, 0.25) is 10.0 Å². The van der Waals surface area contributed by atoms with E-state index in [1.54, 1.807) is 31.2 Å². The highest BCUT2D eigenvalue weighted by atomic mass is 35.5. The number of nitrogens with two attached hydrogens (primary N) is 1. The summed E-state index contributed by atoms with van der Waals surface area (Å²) in [6, 6.07) is 10.8. The van der Waals surface area contributed by atoms with Crippen LogP contribution in [-0.2, 0) is 10.0 Å². The van der Waals surface area contributed by atoms with Gasteiger partial charge in [0.1, 0.15) is 4.90 Å². The monoisotopic (exact) mass is 344 g/mol. The van der Waals surface area contributed by atoms with Gasteiger partial charge in [-0.3, -0.25) is 0 Å². The van der Waals surface area contributed by atoms with E-state index in [0.717, 1.165) is 5.56 Å². The third-order valence-electron chi connectivity index (χ3n) is 2.95. The fraction of sp³-hybridized carbons (Fsp3) is 0.143. The van der Waals surface area contributed by atoms with Crippen LogP contribution in [0.25, 0.3) is 0 Å². The molecular weight excluding hydrogens is 331 g/mol. The molecule has 4 nitrogen and oxygen atoms in total. The highest BCUT2D eigenvalue weighted by Crippen LogP contribution is 2.25. The van der Waals surface area contributed by atoms with E-state index >= 15 is 0 Å². The molecule has 0 amide bonds. The van der Waals surface area contributed by atoms with Gasteiger partial charge in [-0.25, -0.2) is 13.1 Å². The van der Waals surface area contributed by atoms with Crippen molar-refractivity contribution < 1.29 is 8.42 Å². The Balaban J connectivity index is 2.31. The lowest BCUT2D eigenvalue weighted by atomic mass is 10.1. The van der Waals surface area contributed by atoms with Crippen LogP contribution in [0.1, 0.15) is 18.5 Å². The van der Waals surface area contributed by atoms with Crippen LogP contribution >= 0.6 is 23.2 Å². The molecule has 7 heteroatoms. The summed E-state index contributed by atoms with van der Waals surface area (Å²) in [4.78, 5) is -0.0381. The molecule has 1 unspecified atom stereocenters. The van der Waals surface area contributed by atoms with Crippen molar-refractivity contribution in [2.75, 3.05) is 5.73 Å². The normalized spacial score (nSPS) is 13.1. The van der Waals surface area contributed by atoms with Gasteiger partial charge >= 0.3 is 0 Å². The molecule has 2 aromatic rings. The lowest BCUT2D eigenvalue weighted by Crippen LogP contribution is -2.27. The summed E-state index contributed by atoms with van der Waals surface area (Å²) in [6.45, 7) is 1.73. The average molecular weight is 345 g/mol. The lowest BCUT2D eigenvalue weighted by molar-refractivity contribution is 0.567. The Hall–Kier alpha value is -1.27. The zero-order valence-corrected chi connectivity index (χ0v) is 13.5. The summed E-state index contributed by atoms with van der Waals surface area (Å²) in [7, 11) is -3.78. The molecule has 0 saturated heterocycles. The Morgan fingerprint density at radius 1 is 1.10 bits per heavy atom. The molecule has 0 aliphatic rings. The Bertz CT molecular complexity index is 763. The van der Waals surface area contributed by atoms with Gasteiger partial charge in [-0.2, -0.15) is 0 Å². The van der Waals surface area contributed by atoms with Gasteiger partial charge in [0.05, 0.1) is 5.69 Å². The number of benzene rings is 2. The number of halogens is 2. The van der Waals surface area contributed by atoms with Crippen molar-refractivity contribution in [3.63, 3.8) is 0 Å². The Morgan fingerprint density at radius 3 is 2.43 bits per heavy atom. The predicted molar refractivity (Wildman–Crippen MR) is 86.1 cm³/mol. The number of sulfonamides is 1. The molecular formula is C14H14Cl2N2O2S. The molecule has 112 valence electrons. The maximum Gasteiger partial charge on any atom is 0.243 e. The van der Waals surface area contributed by atoms with Gasteiger partial charge in [0.25, 0.3) is 0 Å². The fourth-order valence-corrected chi connectivity index (χ4v) is 3.71. The van der Waals surface area contributed by atoms with Crippen molar-refractivity contribution >= 4 is 38.9 Å². The summed E-state index contributed by atoms with van der Waals surface area (Å²) in [5.74, 6) is 0. The second-order valence-corrected chi connectivity index (χ2v) is 7.14. The molecule has 0 aliphatic carbocycles. The SMILES string of the molecule is CC(NS(=O)(=O)c1cc(Cl)ccc1N)c1cccc(Cl)c1. The van der Waals surface area contributed by atoms with Crippen molar-refractivity contribution in [1.29, 1.82) is 0 Å². The number of hydrogen-bond donors (Lipinski definition) is 2. The smallest absolute Gasteiger partial charge is 0.243 e. The van der Waals surface area contributed by atoms with Crippen LogP contribution in [0.5, 0.6) is 0 Å². The molecule has 0 spiro atoms. The molecule has 0 saturated carbocycles. The van der Waals surface area contributed by atoms with Gasteiger partial charge in [-0.05, 0) is 42.8 Å². The minimum absolute atomic E-state index is 0.0381. The summed E-state index contributed by atoms with van der Waals surface area (Å²) in [6.07, 6.45) is 0. The van der Waals surface area contributed by atoms with Crippen LogP contribution in [0.4, 0.5) is 5.69 Å². The Morgan fingerprint density at radius 2 is 1.76 bits per heavy atom. The standard InChI is InChI=1S/C14H14Cl2N2O2S/c1-9(10-3-2-4-11(15)7-10)18-21(19,20)14-8-12(16)5-6-13(14)17/h2-9,18H,17H2,1H3.